The van der Waals surface area contributed by atoms with Crippen molar-refractivity contribution in [1.82, 2.24) is 4.57 Å². The maximum atomic E-state index is 5.30. The second-order valence-corrected chi connectivity index (χ2v) is 3.13. The van der Waals surface area contributed by atoms with E-state index in [4.69, 9.17) is 9.47 Å². The maximum absolute atomic E-state index is 5.30. The molecule has 0 saturated heterocycles. The molecule has 2 heterocycles. The average molecular weight is 187 g/mol. The highest BCUT2D eigenvalue weighted by Gasteiger charge is 2.13. The highest BCUT2D eigenvalue weighted by atomic mass is 16.7. The van der Waals surface area contributed by atoms with Gasteiger partial charge in [-0.1, -0.05) is 0 Å². The Labute approximate surface area is 81.5 Å². The Bertz CT molecular complexity index is 448. The Kier molecular flexibility index (Phi) is 1.50. The van der Waals surface area contributed by atoms with E-state index in [0.717, 1.165) is 17.2 Å². The number of aromatic nitrogens is 1. The Morgan fingerprint density at radius 3 is 2.64 bits per heavy atom. The van der Waals surface area contributed by atoms with Crippen molar-refractivity contribution >= 4 is 0 Å². The molecule has 3 rings (SSSR count). The van der Waals surface area contributed by atoms with E-state index >= 15 is 0 Å². The first-order chi connectivity index (χ1) is 6.93. The van der Waals surface area contributed by atoms with Crippen molar-refractivity contribution in [3.05, 3.63) is 42.7 Å². The first-order valence-electron chi connectivity index (χ1n) is 4.46. The zero-order valence-electron chi connectivity index (χ0n) is 7.51. The molecule has 1 aliphatic rings. The van der Waals surface area contributed by atoms with Crippen LogP contribution in [0.4, 0.5) is 0 Å². The number of benzene rings is 1. The van der Waals surface area contributed by atoms with Crippen molar-refractivity contribution < 1.29 is 9.47 Å². The quantitative estimate of drug-likeness (QED) is 0.683. The molecule has 0 atom stereocenters. The van der Waals surface area contributed by atoms with Crippen molar-refractivity contribution in [3.8, 4) is 17.2 Å². The van der Waals surface area contributed by atoms with E-state index in [1.807, 2.05) is 47.3 Å². The Morgan fingerprint density at radius 2 is 1.79 bits per heavy atom. The van der Waals surface area contributed by atoms with Crippen LogP contribution in [0.2, 0.25) is 0 Å². The van der Waals surface area contributed by atoms with E-state index in [2.05, 4.69) is 0 Å². The number of rotatable bonds is 1. The van der Waals surface area contributed by atoms with Crippen molar-refractivity contribution in [3.63, 3.8) is 0 Å². The van der Waals surface area contributed by atoms with Crippen LogP contribution in [-0.4, -0.2) is 11.4 Å². The summed E-state index contributed by atoms with van der Waals surface area (Å²) in [4.78, 5) is 0. The van der Waals surface area contributed by atoms with Crippen LogP contribution in [0.5, 0.6) is 11.5 Å². The van der Waals surface area contributed by atoms with Gasteiger partial charge in [-0.3, -0.25) is 0 Å². The molecule has 0 N–H and O–H groups in total. The van der Waals surface area contributed by atoms with Crippen LogP contribution >= 0.6 is 0 Å². The minimum Gasteiger partial charge on any atom is -0.454 e. The molecule has 3 nitrogen and oxygen atoms in total. The number of ether oxygens (including phenoxy) is 2. The van der Waals surface area contributed by atoms with Crippen LogP contribution in [0.25, 0.3) is 5.69 Å². The highest BCUT2D eigenvalue weighted by Crippen LogP contribution is 2.33. The van der Waals surface area contributed by atoms with Crippen molar-refractivity contribution in [2.24, 2.45) is 0 Å². The summed E-state index contributed by atoms with van der Waals surface area (Å²) in [6.07, 6.45) is 4.00. The van der Waals surface area contributed by atoms with Gasteiger partial charge in [-0.25, -0.2) is 0 Å². The van der Waals surface area contributed by atoms with E-state index in [1.165, 1.54) is 0 Å². The Hall–Kier alpha value is -1.90. The van der Waals surface area contributed by atoms with Gasteiger partial charge in [0, 0.05) is 24.1 Å². The van der Waals surface area contributed by atoms with Crippen LogP contribution in [0, 0.1) is 0 Å². The molecule has 0 amide bonds. The number of fused-ring (bicyclic) bond motifs is 1. The molecule has 3 heteroatoms. The Balaban J connectivity index is 2.09. The summed E-state index contributed by atoms with van der Waals surface area (Å²) in [6.45, 7) is 0.324. The second-order valence-electron chi connectivity index (χ2n) is 3.13. The van der Waals surface area contributed by atoms with E-state index in [0.29, 0.717) is 6.79 Å². The normalized spacial score (nSPS) is 13.1. The molecular weight excluding hydrogens is 178 g/mol. The summed E-state index contributed by atoms with van der Waals surface area (Å²) in [6, 6.07) is 9.89. The van der Waals surface area contributed by atoms with Gasteiger partial charge in [0.2, 0.25) is 6.79 Å². The molecule has 2 aromatic rings. The summed E-state index contributed by atoms with van der Waals surface area (Å²) in [5, 5.41) is 0. The molecule has 0 bridgehead atoms. The zero-order chi connectivity index (χ0) is 9.38. The number of hydrogen-bond donors (Lipinski definition) is 0. The molecule has 70 valence electrons. The topological polar surface area (TPSA) is 23.4 Å². The predicted molar refractivity (Wildman–Crippen MR) is 51.9 cm³/mol. The fourth-order valence-corrected chi connectivity index (χ4v) is 1.55. The smallest absolute Gasteiger partial charge is 0.231 e. The average Bonchev–Trinajstić information content (AvgIpc) is 2.88. The molecule has 1 aromatic heterocycles. The standard InChI is InChI=1S/C11H9NO2/c1-2-6-12(5-1)9-3-4-10-11(7-9)14-8-13-10/h1-7H,8H2. The van der Waals surface area contributed by atoms with E-state index in [1.54, 1.807) is 0 Å². The first-order valence-corrected chi connectivity index (χ1v) is 4.46. The van der Waals surface area contributed by atoms with Crippen molar-refractivity contribution in [1.29, 1.82) is 0 Å². The lowest BCUT2D eigenvalue weighted by atomic mass is 10.3. The molecule has 1 aliphatic heterocycles. The summed E-state index contributed by atoms with van der Waals surface area (Å²) in [7, 11) is 0. The summed E-state index contributed by atoms with van der Waals surface area (Å²) < 4.78 is 12.6. The van der Waals surface area contributed by atoms with Crippen molar-refractivity contribution in [2.45, 2.75) is 0 Å². The van der Waals surface area contributed by atoms with Crippen molar-refractivity contribution in [2.75, 3.05) is 6.79 Å². The molecule has 0 radical (unpaired) electrons. The van der Waals surface area contributed by atoms with Gasteiger partial charge in [-0.15, -0.1) is 0 Å². The van der Waals surface area contributed by atoms with Gasteiger partial charge in [0.25, 0.3) is 0 Å². The molecule has 0 saturated carbocycles. The first kappa shape index (κ1) is 7.50. The largest absolute Gasteiger partial charge is 0.454 e. The molecule has 0 fully saturated rings. The van der Waals surface area contributed by atoms with E-state index in [9.17, 15) is 0 Å². The van der Waals surface area contributed by atoms with E-state index < -0.39 is 0 Å². The molecule has 1 aromatic carbocycles. The SMILES string of the molecule is c1ccn(-c2ccc3c(c2)OCO3)c1. The minimum atomic E-state index is 0.324. The third-order valence-corrected chi connectivity index (χ3v) is 2.26. The van der Waals surface area contributed by atoms with Crippen LogP contribution in [-0.2, 0) is 0 Å². The monoisotopic (exact) mass is 187 g/mol. The fraction of sp³-hybridized carbons (Fsp3) is 0.0909. The maximum Gasteiger partial charge on any atom is 0.231 e. The van der Waals surface area contributed by atoms with Crippen LogP contribution < -0.4 is 9.47 Å². The zero-order valence-corrected chi connectivity index (χ0v) is 7.51. The molecule has 0 unspecified atom stereocenters. The summed E-state index contributed by atoms with van der Waals surface area (Å²) in [5.41, 5.74) is 1.08. The number of hydrogen-bond acceptors (Lipinski definition) is 2. The fourth-order valence-electron chi connectivity index (χ4n) is 1.55. The lowest BCUT2D eigenvalue weighted by Crippen LogP contribution is -1.93. The number of nitrogens with zero attached hydrogens (tertiary/aromatic N) is 1. The molecule has 0 aliphatic carbocycles. The summed E-state index contributed by atoms with van der Waals surface area (Å²) >= 11 is 0. The van der Waals surface area contributed by atoms with Crippen LogP contribution in [0.1, 0.15) is 0 Å². The highest BCUT2D eigenvalue weighted by molar-refractivity contribution is 5.50. The van der Waals surface area contributed by atoms with Gasteiger partial charge in [-0.05, 0) is 24.3 Å². The molecule has 0 spiro atoms. The van der Waals surface area contributed by atoms with E-state index in [-0.39, 0.29) is 0 Å². The lowest BCUT2D eigenvalue weighted by molar-refractivity contribution is 0.174. The van der Waals surface area contributed by atoms with Gasteiger partial charge in [0.15, 0.2) is 11.5 Å². The Morgan fingerprint density at radius 1 is 1.00 bits per heavy atom. The third kappa shape index (κ3) is 1.06. The van der Waals surface area contributed by atoms with Gasteiger partial charge in [0.1, 0.15) is 0 Å². The lowest BCUT2D eigenvalue weighted by Gasteiger charge is -2.03. The van der Waals surface area contributed by atoms with Gasteiger partial charge >= 0.3 is 0 Å². The summed E-state index contributed by atoms with van der Waals surface area (Å²) in [5.74, 6) is 1.64. The minimum absolute atomic E-state index is 0.324. The predicted octanol–water partition coefficient (Wildman–Crippen LogP) is 2.21. The van der Waals surface area contributed by atoms with Crippen LogP contribution in [0.3, 0.4) is 0 Å². The van der Waals surface area contributed by atoms with Crippen LogP contribution in [0.15, 0.2) is 42.7 Å². The molecule has 14 heavy (non-hydrogen) atoms. The second kappa shape index (κ2) is 2.80. The van der Waals surface area contributed by atoms with Gasteiger partial charge < -0.3 is 14.0 Å². The third-order valence-electron chi connectivity index (χ3n) is 2.26. The van der Waals surface area contributed by atoms with Gasteiger partial charge in [-0.2, -0.15) is 0 Å². The van der Waals surface area contributed by atoms with Gasteiger partial charge in [0.05, 0.1) is 0 Å². The molecular formula is C11H9NO2.